The zero-order valence-electron chi connectivity index (χ0n) is 13.3. The lowest BCUT2D eigenvalue weighted by atomic mass is 9.98. The van der Waals surface area contributed by atoms with Gasteiger partial charge < -0.3 is 9.84 Å². The van der Waals surface area contributed by atoms with Crippen molar-refractivity contribution in [2.45, 2.75) is 46.8 Å². The highest BCUT2D eigenvalue weighted by molar-refractivity contribution is 5.49. The summed E-state index contributed by atoms with van der Waals surface area (Å²) in [6.45, 7) is 11.4. The van der Waals surface area contributed by atoms with Gasteiger partial charge in [0, 0.05) is 18.7 Å². The molecule has 0 saturated carbocycles. The molecule has 0 radical (unpaired) electrons. The van der Waals surface area contributed by atoms with Crippen molar-refractivity contribution in [2.75, 3.05) is 20.7 Å². The van der Waals surface area contributed by atoms with Gasteiger partial charge >= 0.3 is 0 Å². The van der Waals surface area contributed by atoms with Crippen LogP contribution in [0.5, 0.6) is 5.75 Å². The highest BCUT2D eigenvalue weighted by Gasteiger charge is 2.19. The number of aliphatic hydroxyl groups is 1. The van der Waals surface area contributed by atoms with E-state index in [0.717, 1.165) is 12.3 Å². The molecule has 0 aromatic heterocycles. The number of methoxy groups -OCH3 is 1. The number of rotatable bonds is 5. The first-order valence-electron chi connectivity index (χ1n) is 6.70. The van der Waals surface area contributed by atoms with E-state index in [1.165, 1.54) is 22.3 Å². The molecule has 0 aliphatic rings. The van der Waals surface area contributed by atoms with E-state index in [0.29, 0.717) is 6.54 Å². The van der Waals surface area contributed by atoms with Gasteiger partial charge in [-0.15, -0.1) is 0 Å². The maximum atomic E-state index is 9.89. The molecule has 1 aromatic rings. The first kappa shape index (κ1) is 16.0. The van der Waals surface area contributed by atoms with Gasteiger partial charge in [-0.2, -0.15) is 0 Å². The van der Waals surface area contributed by atoms with Crippen molar-refractivity contribution in [1.29, 1.82) is 0 Å². The molecule has 0 aliphatic carbocycles. The fourth-order valence-corrected chi connectivity index (χ4v) is 2.56. The third-order valence-electron chi connectivity index (χ3n) is 3.40. The lowest BCUT2D eigenvalue weighted by Gasteiger charge is -2.27. The van der Waals surface area contributed by atoms with E-state index in [2.05, 4.69) is 31.7 Å². The molecule has 0 amide bonds. The van der Waals surface area contributed by atoms with E-state index < -0.39 is 5.60 Å². The number of likely N-dealkylation sites (N-methyl/N-ethyl adjacent to an activating group) is 1. The standard InChI is InChI=1S/C16H27NO2/c1-11-8-12(2)14(15(19-7)13(11)3)9-17(6)10-16(4,5)18/h8,18H,9-10H2,1-7H3. The zero-order chi connectivity index (χ0) is 14.8. The molecule has 1 aromatic carbocycles. The van der Waals surface area contributed by atoms with Gasteiger partial charge in [0.1, 0.15) is 5.75 Å². The predicted octanol–water partition coefficient (Wildman–Crippen LogP) is 2.82. The minimum Gasteiger partial charge on any atom is -0.496 e. The Morgan fingerprint density at radius 2 is 1.79 bits per heavy atom. The van der Waals surface area contributed by atoms with Crippen molar-refractivity contribution in [1.82, 2.24) is 4.90 Å². The van der Waals surface area contributed by atoms with Crippen LogP contribution in [-0.4, -0.2) is 36.3 Å². The number of nitrogens with zero attached hydrogens (tertiary/aromatic N) is 1. The summed E-state index contributed by atoms with van der Waals surface area (Å²) in [7, 11) is 3.74. The van der Waals surface area contributed by atoms with E-state index in [1.807, 2.05) is 20.9 Å². The highest BCUT2D eigenvalue weighted by Crippen LogP contribution is 2.30. The summed E-state index contributed by atoms with van der Waals surface area (Å²) < 4.78 is 5.58. The van der Waals surface area contributed by atoms with Crippen LogP contribution in [0.4, 0.5) is 0 Å². The molecule has 0 bridgehead atoms. The van der Waals surface area contributed by atoms with Crippen molar-refractivity contribution in [3.8, 4) is 5.75 Å². The Balaban J connectivity index is 3.04. The Morgan fingerprint density at radius 3 is 2.26 bits per heavy atom. The summed E-state index contributed by atoms with van der Waals surface area (Å²) >= 11 is 0. The van der Waals surface area contributed by atoms with Crippen LogP contribution < -0.4 is 4.74 Å². The van der Waals surface area contributed by atoms with Gasteiger partial charge in [-0.25, -0.2) is 0 Å². The van der Waals surface area contributed by atoms with Gasteiger partial charge in [-0.05, 0) is 58.4 Å². The van der Waals surface area contributed by atoms with E-state index in [9.17, 15) is 5.11 Å². The Morgan fingerprint density at radius 1 is 1.21 bits per heavy atom. The zero-order valence-corrected chi connectivity index (χ0v) is 13.3. The molecule has 0 spiro atoms. The Bertz CT molecular complexity index is 447. The molecule has 108 valence electrons. The summed E-state index contributed by atoms with van der Waals surface area (Å²) in [5.74, 6) is 0.972. The smallest absolute Gasteiger partial charge is 0.126 e. The average molecular weight is 265 g/mol. The number of ether oxygens (including phenoxy) is 1. The summed E-state index contributed by atoms with van der Waals surface area (Å²) in [5.41, 5.74) is 4.21. The average Bonchev–Trinajstić information content (AvgIpc) is 2.23. The lowest BCUT2D eigenvalue weighted by Crippen LogP contribution is -2.36. The van der Waals surface area contributed by atoms with Crippen LogP contribution >= 0.6 is 0 Å². The minimum atomic E-state index is -0.685. The van der Waals surface area contributed by atoms with Gasteiger partial charge in [0.05, 0.1) is 12.7 Å². The van der Waals surface area contributed by atoms with Crippen LogP contribution in [0.15, 0.2) is 6.07 Å². The number of hydrogen-bond acceptors (Lipinski definition) is 3. The Kier molecular flexibility index (Phi) is 4.99. The quantitative estimate of drug-likeness (QED) is 0.888. The Hall–Kier alpha value is -1.06. The van der Waals surface area contributed by atoms with E-state index in [1.54, 1.807) is 7.11 Å². The van der Waals surface area contributed by atoms with E-state index in [4.69, 9.17) is 4.74 Å². The Labute approximate surface area is 117 Å². The van der Waals surface area contributed by atoms with Gasteiger partial charge in [0.25, 0.3) is 0 Å². The molecular formula is C16H27NO2. The topological polar surface area (TPSA) is 32.7 Å². The van der Waals surface area contributed by atoms with Crippen LogP contribution in [0.25, 0.3) is 0 Å². The molecule has 0 fully saturated rings. The number of hydrogen-bond donors (Lipinski definition) is 1. The first-order chi connectivity index (χ1) is 8.65. The SMILES string of the molecule is COc1c(C)c(C)cc(C)c1CN(C)CC(C)(C)O. The number of benzene rings is 1. The van der Waals surface area contributed by atoms with Gasteiger partial charge in [-0.3, -0.25) is 4.90 Å². The second-order valence-electron chi connectivity index (χ2n) is 6.13. The second-order valence-corrected chi connectivity index (χ2v) is 6.13. The summed E-state index contributed by atoms with van der Waals surface area (Å²) in [4.78, 5) is 2.12. The summed E-state index contributed by atoms with van der Waals surface area (Å²) in [6, 6.07) is 2.20. The van der Waals surface area contributed by atoms with Crippen LogP contribution in [-0.2, 0) is 6.54 Å². The summed E-state index contributed by atoms with van der Waals surface area (Å²) in [6.07, 6.45) is 0. The van der Waals surface area contributed by atoms with E-state index >= 15 is 0 Å². The van der Waals surface area contributed by atoms with Crippen LogP contribution in [0.1, 0.15) is 36.1 Å². The van der Waals surface area contributed by atoms with Crippen molar-refractivity contribution in [3.05, 3.63) is 28.3 Å². The summed E-state index contributed by atoms with van der Waals surface area (Å²) in [5, 5.41) is 9.89. The lowest BCUT2D eigenvalue weighted by molar-refractivity contribution is 0.0422. The third kappa shape index (κ3) is 4.22. The van der Waals surface area contributed by atoms with Crippen molar-refractivity contribution >= 4 is 0 Å². The van der Waals surface area contributed by atoms with Crippen LogP contribution in [0.3, 0.4) is 0 Å². The molecule has 1 rings (SSSR count). The second kappa shape index (κ2) is 5.93. The third-order valence-corrected chi connectivity index (χ3v) is 3.40. The van der Waals surface area contributed by atoms with Gasteiger partial charge in [-0.1, -0.05) is 6.07 Å². The van der Waals surface area contributed by atoms with Crippen molar-refractivity contribution in [3.63, 3.8) is 0 Å². The largest absolute Gasteiger partial charge is 0.496 e. The van der Waals surface area contributed by atoms with Crippen molar-refractivity contribution < 1.29 is 9.84 Å². The molecule has 0 unspecified atom stereocenters. The van der Waals surface area contributed by atoms with Gasteiger partial charge in [0.2, 0.25) is 0 Å². The van der Waals surface area contributed by atoms with E-state index in [-0.39, 0.29) is 0 Å². The fraction of sp³-hybridized carbons (Fsp3) is 0.625. The maximum Gasteiger partial charge on any atom is 0.126 e. The molecule has 0 aliphatic heterocycles. The van der Waals surface area contributed by atoms with Crippen LogP contribution in [0.2, 0.25) is 0 Å². The maximum absolute atomic E-state index is 9.89. The fourth-order valence-electron chi connectivity index (χ4n) is 2.56. The number of aryl methyl sites for hydroxylation is 2. The van der Waals surface area contributed by atoms with Gasteiger partial charge in [0.15, 0.2) is 0 Å². The highest BCUT2D eigenvalue weighted by atomic mass is 16.5. The predicted molar refractivity (Wildman–Crippen MR) is 79.8 cm³/mol. The molecule has 19 heavy (non-hydrogen) atoms. The molecule has 3 nitrogen and oxygen atoms in total. The molecule has 0 atom stereocenters. The molecule has 3 heteroatoms. The molecular weight excluding hydrogens is 238 g/mol. The molecule has 0 saturated heterocycles. The molecule has 0 heterocycles. The van der Waals surface area contributed by atoms with Crippen LogP contribution in [0, 0.1) is 20.8 Å². The molecule has 1 N–H and O–H groups in total. The minimum absolute atomic E-state index is 0.627. The monoisotopic (exact) mass is 265 g/mol. The van der Waals surface area contributed by atoms with Crippen molar-refractivity contribution in [2.24, 2.45) is 0 Å². The first-order valence-corrected chi connectivity index (χ1v) is 6.70. The normalized spacial score (nSPS) is 12.1.